The second kappa shape index (κ2) is 71.9. The minimum Gasteiger partial charge on any atom is -1.00 e. The molecule has 0 spiro atoms. The van der Waals surface area contributed by atoms with Gasteiger partial charge in [0, 0.05) is 145 Å². The van der Waals surface area contributed by atoms with Crippen LogP contribution in [0.3, 0.4) is 0 Å². The number of hydrogen-bond donors (Lipinski definition) is 1. The third-order valence-electron chi connectivity index (χ3n) is 22.6. The molecule has 1 N–H and O–H groups in total. The van der Waals surface area contributed by atoms with E-state index in [4.69, 9.17) is 4.74 Å². The molecule has 8 heterocycles. The smallest absolute Gasteiger partial charge is 0.407 e. The van der Waals surface area contributed by atoms with Crippen LogP contribution >= 0.6 is 0 Å². The van der Waals surface area contributed by atoms with Gasteiger partial charge in [-0.05, 0) is 229 Å². The highest BCUT2D eigenvalue weighted by Gasteiger charge is 2.17. The van der Waals surface area contributed by atoms with Crippen molar-refractivity contribution in [3.8, 4) is 0 Å². The third kappa shape index (κ3) is 54.7. The maximum Gasteiger partial charge on any atom is 0.407 e. The second-order valence-electron chi connectivity index (χ2n) is 34.1. The lowest BCUT2D eigenvalue weighted by Crippen LogP contribution is -3.00. The average Bonchev–Trinajstić information content (AvgIpc) is 0.902. The van der Waals surface area contributed by atoms with Gasteiger partial charge in [-0.1, -0.05) is 115 Å². The molecule has 0 aliphatic heterocycles. The molecule has 0 atom stereocenters. The van der Waals surface area contributed by atoms with Gasteiger partial charge in [0.2, 0.25) is 0 Å². The van der Waals surface area contributed by atoms with E-state index in [9.17, 15) is 4.79 Å². The van der Waals surface area contributed by atoms with Crippen LogP contribution in [0.5, 0.6) is 0 Å². The summed E-state index contributed by atoms with van der Waals surface area (Å²) in [6.45, 7) is 14.3. The number of unbranched alkanes of at least 4 members (excludes halogenated alkanes) is 32. The molecular weight excluding hydrogens is 1620 g/mol. The lowest BCUT2D eigenvalue weighted by atomic mass is 10.1. The molecule has 0 saturated carbocycles. The number of nitrogens with one attached hydrogen (secondary N) is 1. The number of carbonyl (C=O) groups excluding carboxylic acids is 1. The second-order valence-corrected chi connectivity index (χ2v) is 34.1. The van der Waals surface area contributed by atoms with Gasteiger partial charge in [-0.2, -0.15) is 0 Å². The summed E-state index contributed by atoms with van der Waals surface area (Å²) < 4.78 is 22.3. The Balaban J connectivity index is 0.0000101. The number of aryl methyl sites for hydroxylation is 15. The molecule has 0 bridgehead atoms. The van der Waals surface area contributed by atoms with E-state index in [0.29, 0.717) is 6.54 Å². The number of aromatic nitrogens is 8. The van der Waals surface area contributed by atoms with E-state index >= 15 is 0 Å². The summed E-state index contributed by atoms with van der Waals surface area (Å²) >= 11 is 0. The topological polar surface area (TPSA) is 78.4 Å². The Hall–Kier alpha value is -5.50. The normalized spacial score (nSPS) is 10.9. The van der Waals surface area contributed by atoms with Gasteiger partial charge in [0.25, 0.3) is 0 Å². The van der Waals surface area contributed by atoms with Crippen LogP contribution in [-0.2, 0) is 102 Å². The van der Waals surface area contributed by atoms with Crippen LogP contribution in [0.1, 0.15) is 322 Å². The molecule has 8 aromatic heterocycles. The van der Waals surface area contributed by atoms with E-state index in [1.807, 2.05) is 39.2 Å². The Morgan fingerprint density at radius 2 is 0.445 bits per heavy atom. The van der Waals surface area contributed by atoms with Crippen molar-refractivity contribution in [1.82, 2.24) is 10.3 Å². The minimum atomic E-state index is -0.444. The first-order chi connectivity index (χ1) is 55.1. The van der Waals surface area contributed by atoms with Crippen molar-refractivity contribution in [2.24, 2.45) is 0 Å². The van der Waals surface area contributed by atoms with Crippen LogP contribution in [0.25, 0.3) is 0 Å². The zero-order valence-electron chi connectivity index (χ0n) is 73.6. The van der Waals surface area contributed by atoms with Crippen LogP contribution in [0.15, 0.2) is 196 Å². The zero-order chi connectivity index (χ0) is 78.1. The Bertz CT molecular complexity index is 3760. The minimum absolute atomic E-state index is 0. The van der Waals surface area contributed by atoms with E-state index in [1.54, 1.807) is 0 Å². The monoisotopic (exact) mass is 1770 g/mol. The number of halogens is 7. The molecule has 664 valence electrons. The van der Waals surface area contributed by atoms with Crippen LogP contribution in [0, 0.1) is 0 Å². The predicted octanol–water partition coefficient (Wildman–Crippen LogP) is 0.492. The molecule has 8 rings (SSSR count). The molecular formula is C101H154Cl7N9O2. The van der Waals surface area contributed by atoms with E-state index in [0.717, 1.165) is 71.5 Å². The number of pyridine rings is 8. The lowest BCUT2D eigenvalue weighted by molar-refractivity contribution is -0.697. The highest BCUT2D eigenvalue weighted by atomic mass is 35.5. The van der Waals surface area contributed by atoms with Crippen molar-refractivity contribution in [1.29, 1.82) is 0 Å². The van der Waals surface area contributed by atoms with Gasteiger partial charge in [0.05, 0.1) is 0 Å². The van der Waals surface area contributed by atoms with Crippen molar-refractivity contribution in [3.63, 3.8) is 0 Å². The number of hydrogen-bond acceptors (Lipinski definition) is 3. The molecule has 0 unspecified atom stereocenters. The number of ether oxygens (including phenoxy) is 1. The first-order valence-corrected chi connectivity index (χ1v) is 45.8. The standard InChI is InChI=1S/C101H153N9O2.7ClH/c1-101(2,3)112-100(111)103-69-36-20-4-12-29-53-93-61-45-77-105(85-93)71-38-22-6-14-31-55-95-63-47-79-107(87-95)73-40-24-8-16-33-57-97-65-49-81-109(89-97)75-42-26-10-18-35-59-99-67-51-83-110(91-99)76-43-27-11-19-34-58-98-66-50-82-108(90-98)74-41-25-9-17-32-56-96-64-48-80-106(88-96)72-39-23-7-15-30-54-94-62-46-78-104(86-94)70-37-21-5-13-28-52-92-60-44-68-102-84-92;;;;;;;/h44-51,60-68,77-91H,4-43,52-59,69-76H2,1-3H3;7*1H/q+6;;;;;;;/p-6. The number of nitrogens with zero attached hydrogens (tertiary/aromatic N) is 8. The van der Waals surface area contributed by atoms with Crippen LogP contribution in [-0.4, -0.2) is 23.2 Å². The van der Waals surface area contributed by atoms with Gasteiger partial charge >= 0.3 is 6.09 Å². The Labute approximate surface area is 766 Å². The molecule has 0 radical (unpaired) electrons. The van der Waals surface area contributed by atoms with Gasteiger partial charge < -0.3 is 96.9 Å². The summed E-state index contributed by atoms with van der Waals surface area (Å²) in [5.41, 5.74) is 11.3. The molecule has 0 aliphatic carbocycles. The number of carbonyl (C=O) groups is 1. The van der Waals surface area contributed by atoms with E-state index in [1.165, 1.54) is 327 Å². The molecule has 0 saturated heterocycles. The van der Waals surface area contributed by atoms with Crippen molar-refractivity contribution >= 4 is 6.09 Å². The summed E-state index contributed by atoms with van der Waals surface area (Å²) in [5.74, 6) is 0. The fraction of sp³-hybridized carbons (Fsp3) is 0.594. The fourth-order valence-electron chi connectivity index (χ4n) is 16.2. The first kappa shape index (κ1) is 112. The van der Waals surface area contributed by atoms with Crippen LogP contribution < -0.4 is 124 Å². The van der Waals surface area contributed by atoms with Gasteiger partial charge in [0.15, 0.2) is 86.8 Å². The van der Waals surface area contributed by atoms with Crippen molar-refractivity contribution < 1.29 is 128 Å². The maximum absolute atomic E-state index is 11.8. The summed E-state index contributed by atoms with van der Waals surface area (Å²) in [6, 6.07) is 36.3. The Morgan fingerprint density at radius 3 is 0.647 bits per heavy atom. The fourth-order valence-corrected chi connectivity index (χ4v) is 16.2. The number of rotatable bonds is 64. The maximum atomic E-state index is 11.8. The Morgan fingerprint density at radius 1 is 0.261 bits per heavy atom. The summed E-state index contributed by atoms with van der Waals surface area (Å²) in [7, 11) is 0. The molecule has 11 nitrogen and oxygen atoms in total. The zero-order valence-corrected chi connectivity index (χ0v) is 78.9. The quantitative estimate of drug-likeness (QED) is 0.0447. The van der Waals surface area contributed by atoms with E-state index < -0.39 is 5.60 Å². The summed E-state index contributed by atoms with van der Waals surface area (Å²) in [6.07, 6.45) is 97.1. The first-order valence-electron chi connectivity index (χ1n) is 45.8. The molecule has 0 fully saturated rings. The molecule has 8 aromatic rings. The van der Waals surface area contributed by atoms with E-state index in [-0.39, 0.29) is 92.9 Å². The van der Waals surface area contributed by atoms with Gasteiger partial charge in [0.1, 0.15) is 51.4 Å². The van der Waals surface area contributed by atoms with Crippen molar-refractivity contribution in [2.45, 2.75) is 380 Å². The molecule has 0 aromatic carbocycles. The molecule has 1 amide bonds. The SMILES string of the molecule is CC(C)(C)OC(=O)NCCCCCCCc1ccc[n+](CCCCCCCc2ccc[n+](CCCCCCCc3ccc[n+](CCCCCCCc4ccc[n+](CCCCCCCc5ccc[n+](CCCCCCCc6ccc[n+](CCCCCCCc7ccc[n+](CCCCCCCc8cccnc8)c7)c6)c5)c4)c3)c2)c1.[Cl-].[Cl-].[Cl-].[Cl-].[Cl-].[Cl-].[Cl-]. The summed E-state index contributed by atoms with van der Waals surface area (Å²) in [5, 5.41) is 2.87. The molecule has 119 heavy (non-hydrogen) atoms. The predicted molar refractivity (Wildman–Crippen MR) is 459 cm³/mol. The van der Waals surface area contributed by atoms with Gasteiger partial charge in [-0.25, -0.2) is 36.8 Å². The van der Waals surface area contributed by atoms with Crippen LogP contribution in [0.2, 0.25) is 0 Å². The van der Waals surface area contributed by atoms with Crippen LogP contribution in [0.4, 0.5) is 4.79 Å². The lowest BCUT2D eigenvalue weighted by Gasteiger charge is -2.19. The number of alkyl carbamates (subject to hydrolysis) is 1. The molecule has 0 aliphatic rings. The highest BCUT2D eigenvalue weighted by molar-refractivity contribution is 5.67. The van der Waals surface area contributed by atoms with Crippen molar-refractivity contribution in [2.75, 3.05) is 6.54 Å². The highest BCUT2D eigenvalue weighted by Crippen LogP contribution is 2.18. The third-order valence-corrected chi connectivity index (χ3v) is 22.6. The average molecular weight is 1770 g/mol. The Kier molecular flexibility index (Phi) is 67.3. The molecule has 18 heteroatoms. The van der Waals surface area contributed by atoms with E-state index in [2.05, 4.69) is 220 Å². The largest absolute Gasteiger partial charge is 1.00 e. The van der Waals surface area contributed by atoms with Gasteiger partial charge in [-0.15, -0.1) is 0 Å². The number of amides is 1. The van der Waals surface area contributed by atoms with Gasteiger partial charge in [-0.3, -0.25) is 4.98 Å². The van der Waals surface area contributed by atoms with Crippen molar-refractivity contribution in [3.05, 3.63) is 241 Å². The summed E-state index contributed by atoms with van der Waals surface area (Å²) in [4.78, 5) is 16.1.